The number of aromatic nitrogens is 3. The number of fused-ring (bicyclic) bond motifs is 1. The molecule has 0 unspecified atom stereocenters. The predicted molar refractivity (Wildman–Crippen MR) is 62.8 cm³/mol. The molecule has 3 rings (SSSR count). The van der Waals surface area contributed by atoms with E-state index in [4.69, 9.17) is 5.73 Å². The number of nitrogens with one attached hydrogen (secondary N) is 1. The van der Waals surface area contributed by atoms with Crippen LogP contribution < -0.4 is 5.73 Å². The third-order valence-corrected chi connectivity index (χ3v) is 2.81. The van der Waals surface area contributed by atoms with Crippen molar-refractivity contribution < 1.29 is 8.78 Å². The summed E-state index contributed by atoms with van der Waals surface area (Å²) in [5.74, 6) is -0.429. The Labute approximate surface area is 101 Å². The highest BCUT2D eigenvalue weighted by Gasteiger charge is 2.11. The Hall–Kier alpha value is -2.21. The summed E-state index contributed by atoms with van der Waals surface area (Å²) in [7, 11) is 0. The van der Waals surface area contributed by atoms with Crippen LogP contribution in [0.4, 0.5) is 8.78 Å². The minimum Gasteiger partial charge on any atom is -0.325 e. The van der Waals surface area contributed by atoms with Crippen molar-refractivity contribution in [2.75, 3.05) is 0 Å². The molecule has 0 spiro atoms. The van der Waals surface area contributed by atoms with Crippen molar-refractivity contribution in [1.82, 2.24) is 14.4 Å². The number of rotatable bonds is 2. The van der Waals surface area contributed by atoms with Gasteiger partial charge in [0.1, 0.15) is 11.6 Å². The monoisotopic (exact) mass is 248 g/mol. The zero-order valence-corrected chi connectivity index (χ0v) is 9.32. The fraction of sp³-hybridized carbons (Fsp3) is 0.0833. The third kappa shape index (κ3) is 1.58. The Balaban J connectivity index is 2.19. The normalized spacial score (nSPS) is 11.3. The largest absolute Gasteiger partial charge is 0.325 e. The zero-order chi connectivity index (χ0) is 12.7. The van der Waals surface area contributed by atoms with Crippen LogP contribution in [0.15, 0.2) is 30.6 Å². The summed E-state index contributed by atoms with van der Waals surface area (Å²) in [5.41, 5.74) is 6.98. The van der Waals surface area contributed by atoms with Gasteiger partial charge in [0.2, 0.25) is 5.78 Å². The second-order valence-corrected chi connectivity index (χ2v) is 3.94. The van der Waals surface area contributed by atoms with Crippen LogP contribution >= 0.6 is 0 Å². The van der Waals surface area contributed by atoms with Gasteiger partial charge in [-0.1, -0.05) is 0 Å². The lowest BCUT2D eigenvalue weighted by atomic mass is 10.1. The van der Waals surface area contributed by atoms with Gasteiger partial charge in [-0.05, 0) is 18.2 Å². The van der Waals surface area contributed by atoms with Crippen molar-refractivity contribution in [2.45, 2.75) is 6.54 Å². The Morgan fingerprint density at radius 2 is 2.17 bits per heavy atom. The van der Waals surface area contributed by atoms with Crippen molar-refractivity contribution in [2.24, 2.45) is 5.73 Å². The van der Waals surface area contributed by atoms with Gasteiger partial charge < -0.3 is 10.7 Å². The number of hydrogen-bond donors (Lipinski definition) is 2. The maximum absolute atomic E-state index is 13.6. The highest BCUT2D eigenvalue weighted by Crippen LogP contribution is 2.23. The Kier molecular flexibility index (Phi) is 2.38. The van der Waals surface area contributed by atoms with E-state index in [0.717, 1.165) is 23.9 Å². The zero-order valence-electron chi connectivity index (χ0n) is 9.32. The molecule has 0 radical (unpaired) electrons. The van der Waals surface area contributed by atoms with E-state index in [1.54, 1.807) is 16.8 Å². The van der Waals surface area contributed by atoms with E-state index < -0.39 is 11.6 Å². The van der Waals surface area contributed by atoms with Crippen molar-refractivity contribution >= 4 is 5.78 Å². The SMILES string of the molecule is NCc1cnc2[nH]c(-c3cc(F)ccc3F)cn12. The number of benzene rings is 1. The molecule has 3 N–H and O–H groups in total. The molecular weight excluding hydrogens is 238 g/mol. The van der Waals surface area contributed by atoms with Gasteiger partial charge in [-0.3, -0.25) is 4.40 Å². The van der Waals surface area contributed by atoms with Crippen molar-refractivity contribution in [3.63, 3.8) is 0 Å². The number of nitrogens with zero attached hydrogens (tertiary/aromatic N) is 2. The smallest absolute Gasteiger partial charge is 0.211 e. The topological polar surface area (TPSA) is 59.1 Å². The van der Waals surface area contributed by atoms with Crippen molar-refractivity contribution in [3.05, 3.63) is 47.9 Å². The Bertz CT molecular complexity index is 714. The standard InChI is InChI=1S/C12H10F2N4/c13-7-1-2-10(14)9(3-7)11-6-18-8(4-15)5-16-12(18)17-11/h1-3,5-6H,4,15H2,(H,16,17). The van der Waals surface area contributed by atoms with E-state index in [2.05, 4.69) is 9.97 Å². The maximum Gasteiger partial charge on any atom is 0.211 e. The number of halogens is 2. The molecule has 1 aromatic carbocycles. The number of imidazole rings is 2. The van der Waals surface area contributed by atoms with Crippen molar-refractivity contribution in [1.29, 1.82) is 0 Å². The molecule has 0 aliphatic rings. The second-order valence-electron chi connectivity index (χ2n) is 3.94. The summed E-state index contributed by atoms with van der Waals surface area (Å²) in [6.07, 6.45) is 3.29. The minimum absolute atomic E-state index is 0.170. The van der Waals surface area contributed by atoms with Gasteiger partial charge in [0.15, 0.2) is 0 Å². The third-order valence-electron chi connectivity index (χ3n) is 2.81. The molecular formula is C12H10F2N4. The minimum atomic E-state index is -0.491. The second kappa shape index (κ2) is 3.92. The summed E-state index contributed by atoms with van der Waals surface area (Å²) in [4.78, 5) is 7.02. The summed E-state index contributed by atoms with van der Waals surface area (Å²) >= 11 is 0. The Morgan fingerprint density at radius 3 is 2.94 bits per heavy atom. The summed E-state index contributed by atoms with van der Waals surface area (Å²) in [6, 6.07) is 3.32. The fourth-order valence-electron chi connectivity index (χ4n) is 1.91. The predicted octanol–water partition coefficient (Wildman–Crippen LogP) is 2.07. The van der Waals surface area contributed by atoms with Gasteiger partial charge >= 0.3 is 0 Å². The molecule has 0 saturated heterocycles. The van der Waals surface area contributed by atoms with Gasteiger partial charge in [-0.25, -0.2) is 13.8 Å². The van der Waals surface area contributed by atoms with Crippen LogP contribution in [0.2, 0.25) is 0 Å². The van der Waals surface area contributed by atoms with Crippen LogP contribution in [0.25, 0.3) is 17.0 Å². The molecule has 2 aromatic heterocycles. The first-order valence-corrected chi connectivity index (χ1v) is 5.39. The molecule has 6 heteroatoms. The van der Waals surface area contributed by atoms with E-state index >= 15 is 0 Å². The Morgan fingerprint density at radius 1 is 1.33 bits per heavy atom. The molecule has 0 amide bonds. The molecule has 0 saturated carbocycles. The lowest BCUT2D eigenvalue weighted by Gasteiger charge is -1.99. The molecule has 0 atom stereocenters. The lowest BCUT2D eigenvalue weighted by molar-refractivity contribution is 0.603. The van der Waals surface area contributed by atoms with Gasteiger partial charge in [-0.2, -0.15) is 0 Å². The highest BCUT2D eigenvalue weighted by molar-refractivity contribution is 5.62. The van der Waals surface area contributed by atoms with E-state index in [0.29, 0.717) is 18.0 Å². The van der Waals surface area contributed by atoms with Gasteiger partial charge in [0, 0.05) is 18.3 Å². The summed E-state index contributed by atoms with van der Waals surface area (Å²) in [5, 5.41) is 0. The first-order valence-electron chi connectivity index (χ1n) is 5.39. The molecule has 0 aliphatic heterocycles. The van der Waals surface area contributed by atoms with Crippen LogP contribution in [-0.4, -0.2) is 14.4 Å². The van der Waals surface area contributed by atoms with E-state index in [9.17, 15) is 8.78 Å². The molecule has 3 aromatic rings. The summed E-state index contributed by atoms with van der Waals surface area (Å²) < 4.78 is 28.5. The fourth-order valence-corrected chi connectivity index (χ4v) is 1.91. The molecule has 4 nitrogen and oxygen atoms in total. The summed E-state index contributed by atoms with van der Waals surface area (Å²) in [6.45, 7) is 0.324. The molecule has 0 bridgehead atoms. The van der Waals surface area contributed by atoms with E-state index in [1.165, 1.54) is 0 Å². The first kappa shape index (κ1) is 10.9. The maximum atomic E-state index is 13.6. The van der Waals surface area contributed by atoms with Crippen LogP contribution in [0.1, 0.15) is 5.69 Å². The quantitative estimate of drug-likeness (QED) is 0.729. The van der Waals surface area contributed by atoms with Crippen LogP contribution in [-0.2, 0) is 6.54 Å². The molecule has 92 valence electrons. The first-order chi connectivity index (χ1) is 8.69. The molecule has 0 aliphatic carbocycles. The molecule has 0 fully saturated rings. The van der Waals surface area contributed by atoms with Crippen molar-refractivity contribution in [3.8, 4) is 11.3 Å². The van der Waals surface area contributed by atoms with Gasteiger partial charge in [0.25, 0.3) is 0 Å². The van der Waals surface area contributed by atoms with E-state index in [1.807, 2.05) is 0 Å². The highest BCUT2D eigenvalue weighted by atomic mass is 19.1. The van der Waals surface area contributed by atoms with Gasteiger partial charge in [0.05, 0.1) is 17.6 Å². The average Bonchev–Trinajstić information content (AvgIpc) is 2.91. The van der Waals surface area contributed by atoms with Gasteiger partial charge in [-0.15, -0.1) is 0 Å². The number of hydrogen-bond acceptors (Lipinski definition) is 2. The molecule has 2 heterocycles. The number of nitrogens with two attached hydrogens (primary N) is 1. The number of aromatic amines is 1. The number of H-pyrrole nitrogens is 1. The van der Waals surface area contributed by atoms with Crippen LogP contribution in [0.5, 0.6) is 0 Å². The van der Waals surface area contributed by atoms with Crippen LogP contribution in [0, 0.1) is 11.6 Å². The lowest BCUT2D eigenvalue weighted by Crippen LogP contribution is -1.98. The average molecular weight is 248 g/mol. The van der Waals surface area contributed by atoms with E-state index in [-0.39, 0.29) is 5.56 Å². The van der Waals surface area contributed by atoms with Crippen LogP contribution in [0.3, 0.4) is 0 Å². The molecule has 18 heavy (non-hydrogen) atoms.